The molecular weight excluding hydrogens is 496 g/mol. The molecular formula is C23H23ClN4O6S. The number of nitrogens with zero attached hydrogens (tertiary/aromatic N) is 3. The zero-order valence-corrected chi connectivity index (χ0v) is 21.0. The molecule has 184 valence electrons. The predicted octanol–water partition coefficient (Wildman–Crippen LogP) is 3.66. The molecule has 0 saturated heterocycles. The summed E-state index contributed by atoms with van der Waals surface area (Å²) in [5, 5.41) is 12.0. The normalized spacial score (nSPS) is 10.5. The number of aryl methyl sites for hydroxylation is 1. The van der Waals surface area contributed by atoms with E-state index in [-0.39, 0.29) is 29.2 Å². The lowest BCUT2D eigenvalue weighted by Gasteiger charge is -2.11. The number of carbonyl (C=O) groups excluding carboxylic acids is 3. The minimum absolute atomic E-state index is 0.0216. The van der Waals surface area contributed by atoms with E-state index in [0.717, 1.165) is 17.3 Å². The molecule has 0 aliphatic rings. The molecule has 1 N–H and O–H groups in total. The molecule has 10 nitrogen and oxygen atoms in total. The molecule has 12 heteroatoms. The summed E-state index contributed by atoms with van der Waals surface area (Å²) in [6, 6.07) is 9.51. The van der Waals surface area contributed by atoms with E-state index in [1.54, 1.807) is 23.7 Å². The second-order valence-electron chi connectivity index (χ2n) is 7.24. The van der Waals surface area contributed by atoms with Gasteiger partial charge in [-0.2, -0.15) is 0 Å². The van der Waals surface area contributed by atoms with Crippen LogP contribution in [-0.4, -0.2) is 52.6 Å². The number of aromatic nitrogens is 3. The second-order valence-corrected chi connectivity index (χ2v) is 8.59. The minimum atomic E-state index is -0.654. The maximum atomic E-state index is 12.6. The van der Waals surface area contributed by atoms with Crippen molar-refractivity contribution in [3.63, 3.8) is 0 Å². The smallest absolute Gasteiger partial charge is 0.339 e. The Bertz CT molecular complexity index is 1260. The maximum absolute atomic E-state index is 12.6. The third kappa shape index (κ3) is 6.52. The van der Waals surface area contributed by atoms with Crippen molar-refractivity contribution in [3.8, 4) is 5.75 Å². The number of thioether (sulfide) groups is 1. The number of nitrogens with one attached hydrogen (secondary N) is 1. The Morgan fingerprint density at radius 3 is 2.49 bits per heavy atom. The van der Waals surface area contributed by atoms with E-state index >= 15 is 0 Å². The number of benzene rings is 2. The average Bonchev–Trinajstić information content (AvgIpc) is 3.21. The number of esters is 2. The molecule has 3 aromatic rings. The summed E-state index contributed by atoms with van der Waals surface area (Å²) in [5.41, 5.74) is 1.32. The molecule has 0 fully saturated rings. The van der Waals surface area contributed by atoms with Crippen molar-refractivity contribution in [2.24, 2.45) is 7.05 Å². The lowest BCUT2D eigenvalue weighted by Crippen LogP contribution is -2.18. The van der Waals surface area contributed by atoms with E-state index in [0.29, 0.717) is 21.8 Å². The molecule has 0 unspecified atom stereocenters. The molecule has 0 spiro atoms. The van der Waals surface area contributed by atoms with Crippen LogP contribution in [0.2, 0.25) is 5.02 Å². The highest BCUT2D eigenvalue weighted by Gasteiger charge is 2.18. The van der Waals surface area contributed by atoms with Crippen LogP contribution in [0.1, 0.15) is 32.1 Å². The summed E-state index contributed by atoms with van der Waals surface area (Å²) in [6.45, 7) is 2.07. The van der Waals surface area contributed by atoms with Crippen LogP contribution in [0.3, 0.4) is 0 Å². The van der Waals surface area contributed by atoms with Crippen molar-refractivity contribution < 1.29 is 28.6 Å². The van der Waals surface area contributed by atoms with Crippen molar-refractivity contribution in [2.75, 3.05) is 25.3 Å². The number of carbonyl (C=O) groups is 3. The van der Waals surface area contributed by atoms with Gasteiger partial charge >= 0.3 is 11.9 Å². The molecule has 0 aliphatic carbocycles. The highest BCUT2D eigenvalue weighted by atomic mass is 35.5. The third-order valence-corrected chi connectivity index (χ3v) is 6.32. The first-order valence-electron chi connectivity index (χ1n) is 10.2. The Balaban J connectivity index is 1.64. The molecule has 1 aromatic heterocycles. The molecule has 1 heterocycles. The molecule has 0 aliphatic heterocycles. The topological polar surface area (TPSA) is 122 Å². The van der Waals surface area contributed by atoms with Crippen LogP contribution < -0.4 is 10.1 Å². The van der Waals surface area contributed by atoms with Gasteiger partial charge in [-0.15, -0.1) is 10.2 Å². The van der Waals surface area contributed by atoms with Crippen LogP contribution in [0, 0.1) is 6.92 Å². The number of ether oxygens (including phenoxy) is 3. The van der Waals surface area contributed by atoms with Gasteiger partial charge in [-0.05, 0) is 48.9 Å². The second kappa shape index (κ2) is 11.7. The first-order chi connectivity index (χ1) is 16.7. The van der Waals surface area contributed by atoms with Crippen LogP contribution >= 0.6 is 23.4 Å². The molecule has 0 saturated carbocycles. The van der Waals surface area contributed by atoms with Crippen molar-refractivity contribution in [1.29, 1.82) is 0 Å². The summed E-state index contributed by atoms with van der Waals surface area (Å²) < 4.78 is 16.9. The average molecular weight is 519 g/mol. The highest BCUT2D eigenvalue weighted by molar-refractivity contribution is 7.99. The van der Waals surface area contributed by atoms with Crippen molar-refractivity contribution in [1.82, 2.24) is 14.8 Å². The van der Waals surface area contributed by atoms with Gasteiger partial charge in [0.1, 0.15) is 12.4 Å². The molecule has 35 heavy (non-hydrogen) atoms. The number of rotatable bonds is 9. The summed E-state index contributed by atoms with van der Waals surface area (Å²) in [5.74, 6) is -0.475. The number of hydrogen-bond acceptors (Lipinski definition) is 9. The fourth-order valence-corrected chi connectivity index (χ4v) is 3.80. The first-order valence-corrected chi connectivity index (χ1v) is 11.6. The van der Waals surface area contributed by atoms with Gasteiger partial charge < -0.3 is 24.1 Å². The predicted molar refractivity (Wildman–Crippen MR) is 130 cm³/mol. The van der Waals surface area contributed by atoms with Gasteiger partial charge in [-0.25, -0.2) is 9.59 Å². The van der Waals surface area contributed by atoms with Gasteiger partial charge in [0.2, 0.25) is 5.91 Å². The number of hydrogen-bond donors (Lipinski definition) is 1. The molecule has 0 atom stereocenters. The van der Waals surface area contributed by atoms with Gasteiger partial charge in [0.15, 0.2) is 11.0 Å². The third-order valence-electron chi connectivity index (χ3n) is 4.87. The van der Waals surface area contributed by atoms with E-state index in [2.05, 4.69) is 15.5 Å². The van der Waals surface area contributed by atoms with E-state index in [4.69, 9.17) is 25.8 Å². The number of methoxy groups -OCH3 is 2. The fourth-order valence-electron chi connectivity index (χ4n) is 2.95. The van der Waals surface area contributed by atoms with E-state index in [1.165, 1.54) is 32.4 Å². The van der Waals surface area contributed by atoms with Gasteiger partial charge in [0, 0.05) is 12.1 Å². The van der Waals surface area contributed by atoms with Gasteiger partial charge in [0.05, 0.1) is 36.8 Å². The SMILES string of the molecule is COC(=O)c1ccc(C(=O)OC)c(NC(=O)CSc2nnc(COc3ccc(Cl)c(C)c3)n2C)c1. The Labute approximate surface area is 210 Å². The van der Waals surface area contributed by atoms with E-state index < -0.39 is 17.8 Å². The largest absolute Gasteiger partial charge is 0.486 e. The molecule has 2 aromatic carbocycles. The van der Waals surface area contributed by atoms with Gasteiger partial charge in [0.25, 0.3) is 0 Å². The number of amides is 1. The summed E-state index contributed by atoms with van der Waals surface area (Å²) in [7, 11) is 4.23. The summed E-state index contributed by atoms with van der Waals surface area (Å²) in [4.78, 5) is 36.5. The lowest BCUT2D eigenvalue weighted by atomic mass is 10.1. The zero-order valence-electron chi connectivity index (χ0n) is 19.5. The van der Waals surface area contributed by atoms with Gasteiger partial charge in [-0.1, -0.05) is 23.4 Å². The number of halogens is 1. The highest BCUT2D eigenvalue weighted by Crippen LogP contribution is 2.23. The quantitative estimate of drug-likeness (QED) is 0.334. The standard InChI is InChI=1S/C23H23ClN4O6S/c1-13-9-15(6-8-17(13)24)34-11-19-26-27-23(28(19)2)35-12-20(29)25-18-10-14(21(30)32-3)5-7-16(18)22(31)33-4/h5-10H,11-12H2,1-4H3,(H,25,29). The van der Waals surface area contributed by atoms with Crippen LogP contribution in [0.4, 0.5) is 5.69 Å². The van der Waals surface area contributed by atoms with Crippen molar-refractivity contribution in [3.05, 3.63) is 63.9 Å². The Morgan fingerprint density at radius 2 is 1.80 bits per heavy atom. The number of anilines is 1. The maximum Gasteiger partial charge on any atom is 0.339 e. The van der Waals surface area contributed by atoms with Crippen molar-refractivity contribution in [2.45, 2.75) is 18.7 Å². The van der Waals surface area contributed by atoms with Crippen LogP contribution in [0.15, 0.2) is 41.6 Å². The molecule has 1 amide bonds. The van der Waals surface area contributed by atoms with E-state index in [1.807, 2.05) is 13.0 Å². The van der Waals surface area contributed by atoms with Crippen LogP contribution in [0.25, 0.3) is 0 Å². The monoisotopic (exact) mass is 518 g/mol. The Morgan fingerprint density at radius 1 is 1.06 bits per heavy atom. The minimum Gasteiger partial charge on any atom is -0.486 e. The van der Waals surface area contributed by atoms with Crippen LogP contribution in [0.5, 0.6) is 5.75 Å². The molecule has 3 rings (SSSR count). The molecule has 0 radical (unpaired) electrons. The first kappa shape index (κ1) is 26.0. The summed E-state index contributed by atoms with van der Waals surface area (Å²) >= 11 is 7.19. The van der Waals surface area contributed by atoms with Crippen molar-refractivity contribution >= 4 is 46.9 Å². The van der Waals surface area contributed by atoms with Gasteiger partial charge in [-0.3, -0.25) is 4.79 Å². The Hall–Kier alpha value is -3.57. The fraction of sp³-hybridized carbons (Fsp3) is 0.261. The van der Waals surface area contributed by atoms with E-state index in [9.17, 15) is 14.4 Å². The molecule has 0 bridgehead atoms. The zero-order chi connectivity index (χ0) is 25.5. The Kier molecular flexibility index (Phi) is 8.72. The van der Waals surface area contributed by atoms with Crippen LogP contribution in [-0.2, 0) is 27.9 Å². The summed E-state index contributed by atoms with van der Waals surface area (Å²) in [6.07, 6.45) is 0. The lowest BCUT2D eigenvalue weighted by molar-refractivity contribution is -0.113.